The zero-order valence-electron chi connectivity index (χ0n) is 17.7. The van der Waals surface area contributed by atoms with Crippen LogP contribution in [0.15, 0.2) is 77.7 Å². The van der Waals surface area contributed by atoms with Crippen LogP contribution in [0.1, 0.15) is 23.6 Å². The van der Waals surface area contributed by atoms with Crippen molar-refractivity contribution in [2.24, 2.45) is 0 Å². The van der Waals surface area contributed by atoms with Gasteiger partial charge < -0.3 is 10.1 Å². The van der Waals surface area contributed by atoms with Crippen LogP contribution in [0, 0.1) is 5.82 Å². The first-order chi connectivity index (χ1) is 15.4. The van der Waals surface area contributed by atoms with Gasteiger partial charge in [-0.05, 0) is 60.0 Å². The number of anilines is 1. The number of carbonyl (C=O) groups is 1. The first-order valence-corrected chi connectivity index (χ1v) is 11.6. The third kappa shape index (κ3) is 6.63. The van der Waals surface area contributed by atoms with E-state index in [0.717, 1.165) is 28.8 Å². The maximum atomic E-state index is 13.0. The molecule has 0 saturated carbocycles. The number of benzene rings is 3. The van der Waals surface area contributed by atoms with E-state index in [1.165, 1.54) is 12.1 Å². The molecule has 32 heavy (non-hydrogen) atoms. The standard InChI is InChI=1S/C24H25FN2O4S/c1-2-31-17-20-6-4-3-5-19(20)16-26-24(28)15-18-7-11-22(12-8-18)27-32(29,30)23-13-9-21(25)10-14-23/h3-14,27H,2,15-17H2,1H3,(H,26,28). The first kappa shape index (κ1) is 23.4. The van der Waals surface area contributed by atoms with Crippen LogP contribution < -0.4 is 10.0 Å². The molecule has 3 aromatic rings. The molecule has 0 aliphatic heterocycles. The smallest absolute Gasteiger partial charge is 0.261 e. The minimum absolute atomic E-state index is 0.0352. The van der Waals surface area contributed by atoms with Crippen molar-refractivity contribution in [3.8, 4) is 0 Å². The van der Waals surface area contributed by atoms with Crippen molar-refractivity contribution >= 4 is 21.6 Å². The Bertz CT molecular complexity index is 1150. The maximum Gasteiger partial charge on any atom is 0.261 e. The molecule has 0 atom stereocenters. The van der Waals surface area contributed by atoms with Crippen LogP contribution in [0.4, 0.5) is 10.1 Å². The zero-order valence-corrected chi connectivity index (χ0v) is 18.5. The summed E-state index contributed by atoms with van der Waals surface area (Å²) >= 11 is 0. The number of nitrogens with one attached hydrogen (secondary N) is 2. The van der Waals surface area contributed by atoms with Crippen LogP contribution in [0.5, 0.6) is 0 Å². The molecule has 3 aromatic carbocycles. The van der Waals surface area contributed by atoms with Gasteiger partial charge in [0.15, 0.2) is 0 Å². The molecule has 0 bridgehead atoms. The fourth-order valence-corrected chi connectivity index (χ4v) is 4.10. The van der Waals surface area contributed by atoms with Crippen LogP contribution in [0.25, 0.3) is 0 Å². The molecule has 8 heteroatoms. The van der Waals surface area contributed by atoms with Gasteiger partial charge in [0.2, 0.25) is 5.91 Å². The number of amides is 1. The van der Waals surface area contributed by atoms with Gasteiger partial charge in [-0.25, -0.2) is 12.8 Å². The second-order valence-corrected chi connectivity index (χ2v) is 8.80. The number of hydrogen-bond acceptors (Lipinski definition) is 4. The lowest BCUT2D eigenvalue weighted by Crippen LogP contribution is -2.25. The maximum absolute atomic E-state index is 13.0. The molecular weight excluding hydrogens is 431 g/mol. The fraction of sp³-hybridized carbons (Fsp3) is 0.208. The van der Waals surface area contributed by atoms with E-state index in [1.54, 1.807) is 24.3 Å². The Morgan fingerprint density at radius 1 is 0.938 bits per heavy atom. The van der Waals surface area contributed by atoms with Gasteiger partial charge in [0.05, 0.1) is 17.9 Å². The van der Waals surface area contributed by atoms with Gasteiger partial charge in [0.1, 0.15) is 5.82 Å². The summed E-state index contributed by atoms with van der Waals surface area (Å²) in [5, 5.41) is 2.91. The van der Waals surface area contributed by atoms with E-state index in [-0.39, 0.29) is 17.2 Å². The quantitative estimate of drug-likeness (QED) is 0.483. The average molecular weight is 457 g/mol. The summed E-state index contributed by atoms with van der Waals surface area (Å²) in [5.41, 5.74) is 3.13. The van der Waals surface area contributed by atoms with Gasteiger partial charge in [-0.3, -0.25) is 9.52 Å². The highest BCUT2D eigenvalue weighted by molar-refractivity contribution is 7.92. The van der Waals surface area contributed by atoms with E-state index in [2.05, 4.69) is 10.0 Å². The Kier molecular flexibility index (Phi) is 7.97. The third-order valence-electron chi connectivity index (χ3n) is 4.75. The molecule has 168 valence electrons. The number of ether oxygens (including phenoxy) is 1. The minimum atomic E-state index is -3.82. The largest absolute Gasteiger partial charge is 0.377 e. The normalized spacial score (nSPS) is 11.2. The summed E-state index contributed by atoms with van der Waals surface area (Å²) in [6, 6.07) is 18.9. The summed E-state index contributed by atoms with van der Waals surface area (Å²) in [4.78, 5) is 12.3. The Balaban J connectivity index is 1.55. The molecule has 0 radical (unpaired) electrons. The predicted molar refractivity (Wildman–Crippen MR) is 121 cm³/mol. The Labute approximate surface area is 187 Å². The molecule has 0 heterocycles. The van der Waals surface area contributed by atoms with Crippen molar-refractivity contribution < 1.29 is 22.3 Å². The first-order valence-electron chi connectivity index (χ1n) is 10.2. The Hall–Kier alpha value is -3.23. The fourth-order valence-electron chi connectivity index (χ4n) is 3.04. The summed E-state index contributed by atoms with van der Waals surface area (Å²) in [5.74, 6) is -0.653. The molecule has 0 aliphatic carbocycles. The lowest BCUT2D eigenvalue weighted by atomic mass is 10.1. The molecular formula is C24H25FN2O4S. The van der Waals surface area contributed by atoms with Crippen molar-refractivity contribution in [3.63, 3.8) is 0 Å². The van der Waals surface area contributed by atoms with Gasteiger partial charge in [0, 0.05) is 18.8 Å². The van der Waals surface area contributed by atoms with Crippen LogP contribution in [0.3, 0.4) is 0 Å². The SMILES string of the molecule is CCOCc1ccccc1CNC(=O)Cc1ccc(NS(=O)(=O)c2ccc(F)cc2)cc1. The second kappa shape index (κ2) is 10.9. The topological polar surface area (TPSA) is 84.5 Å². The number of carbonyl (C=O) groups excluding carboxylic acids is 1. The number of sulfonamides is 1. The highest BCUT2D eigenvalue weighted by Crippen LogP contribution is 2.17. The highest BCUT2D eigenvalue weighted by atomic mass is 32.2. The zero-order chi connectivity index (χ0) is 23.0. The summed E-state index contributed by atoms with van der Waals surface area (Å²) in [6.45, 7) is 3.45. The summed E-state index contributed by atoms with van der Waals surface area (Å²) < 4.78 is 45.7. The van der Waals surface area contributed by atoms with Gasteiger partial charge in [-0.1, -0.05) is 36.4 Å². The van der Waals surface area contributed by atoms with E-state index in [0.29, 0.717) is 25.4 Å². The molecule has 0 aromatic heterocycles. The monoisotopic (exact) mass is 456 g/mol. The molecule has 2 N–H and O–H groups in total. The van der Waals surface area contributed by atoms with E-state index in [1.807, 2.05) is 31.2 Å². The van der Waals surface area contributed by atoms with E-state index < -0.39 is 15.8 Å². The van der Waals surface area contributed by atoms with Gasteiger partial charge in [-0.2, -0.15) is 0 Å². The lowest BCUT2D eigenvalue weighted by Gasteiger charge is -2.11. The molecule has 0 saturated heterocycles. The Morgan fingerprint density at radius 3 is 2.25 bits per heavy atom. The predicted octanol–water partition coefficient (Wildman–Crippen LogP) is 4.02. The molecule has 3 rings (SSSR count). The van der Waals surface area contributed by atoms with Crippen molar-refractivity contribution in [1.82, 2.24) is 5.32 Å². The van der Waals surface area contributed by atoms with E-state index in [4.69, 9.17) is 4.74 Å². The number of rotatable bonds is 10. The minimum Gasteiger partial charge on any atom is -0.377 e. The van der Waals surface area contributed by atoms with Gasteiger partial charge in [0.25, 0.3) is 10.0 Å². The number of hydrogen-bond donors (Lipinski definition) is 2. The molecule has 0 aliphatic rings. The lowest BCUT2D eigenvalue weighted by molar-refractivity contribution is -0.120. The van der Waals surface area contributed by atoms with Crippen molar-refractivity contribution in [3.05, 3.63) is 95.3 Å². The number of halogens is 1. The summed E-state index contributed by atoms with van der Waals surface area (Å²) in [6.07, 6.45) is 0.165. The van der Waals surface area contributed by atoms with Crippen LogP contribution in [-0.2, 0) is 39.1 Å². The van der Waals surface area contributed by atoms with E-state index >= 15 is 0 Å². The van der Waals surface area contributed by atoms with Crippen molar-refractivity contribution in [2.45, 2.75) is 31.4 Å². The Morgan fingerprint density at radius 2 is 1.59 bits per heavy atom. The third-order valence-corrected chi connectivity index (χ3v) is 6.15. The second-order valence-electron chi connectivity index (χ2n) is 7.12. The molecule has 0 spiro atoms. The molecule has 6 nitrogen and oxygen atoms in total. The highest BCUT2D eigenvalue weighted by Gasteiger charge is 2.14. The van der Waals surface area contributed by atoms with Crippen LogP contribution >= 0.6 is 0 Å². The molecule has 0 fully saturated rings. The van der Waals surface area contributed by atoms with Crippen molar-refractivity contribution in [2.75, 3.05) is 11.3 Å². The van der Waals surface area contributed by atoms with Crippen molar-refractivity contribution in [1.29, 1.82) is 0 Å². The van der Waals surface area contributed by atoms with Gasteiger partial charge in [-0.15, -0.1) is 0 Å². The van der Waals surface area contributed by atoms with Crippen LogP contribution in [0.2, 0.25) is 0 Å². The summed E-state index contributed by atoms with van der Waals surface area (Å²) in [7, 11) is -3.82. The van der Waals surface area contributed by atoms with Crippen LogP contribution in [-0.4, -0.2) is 20.9 Å². The van der Waals surface area contributed by atoms with Gasteiger partial charge >= 0.3 is 0 Å². The molecule has 0 unspecified atom stereocenters. The average Bonchev–Trinajstić information content (AvgIpc) is 2.78. The van der Waals surface area contributed by atoms with E-state index in [9.17, 15) is 17.6 Å². The molecule has 1 amide bonds.